The molecule has 4 rings (SSSR count). The van der Waals surface area contributed by atoms with E-state index in [9.17, 15) is 4.79 Å². The van der Waals surface area contributed by atoms with E-state index in [4.69, 9.17) is 0 Å². The molecular formula is C20H18N8O. The highest BCUT2D eigenvalue weighted by molar-refractivity contribution is 6.04. The number of fused-ring (bicyclic) bond motifs is 1. The minimum atomic E-state index is -0.275. The van der Waals surface area contributed by atoms with Crippen molar-refractivity contribution in [2.24, 2.45) is 0 Å². The zero-order chi connectivity index (χ0) is 20.4. The smallest absolute Gasteiger partial charge is 0.256 e. The van der Waals surface area contributed by atoms with Crippen LogP contribution in [0.4, 0.5) is 17.3 Å². The molecule has 0 aliphatic carbocycles. The SMILES string of the molecule is C=C(C)c1cc(NC(=O)c2ccc(C)c(Nc3ncnc4cncnc34)c2)n[nH]1. The second-order valence-corrected chi connectivity index (χ2v) is 6.53. The molecule has 3 aromatic heterocycles. The summed E-state index contributed by atoms with van der Waals surface area (Å²) in [5.41, 5.74) is 4.99. The highest BCUT2D eigenvalue weighted by Gasteiger charge is 2.12. The minimum Gasteiger partial charge on any atom is -0.338 e. The van der Waals surface area contributed by atoms with Gasteiger partial charge in [-0.25, -0.2) is 19.9 Å². The standard InChI is InChI=1S/C20H18N8O/c1-11(2)14-7-17(28-27-14)26-20(29)13-5-4-12(3)15(6-13)25-19-18-16(22-10-24-19)8-21-9-23-18/h4-10H,1H2,2-3H3,(H,22,24,25)(H2,26,27,28,29). The third-order valence-corrected chi connectivity index (χ3v) is 4.33. The average molecular weight is 386 g/mol. The lowest BCUT2D eigenvalue weighted by molar-refractivity contribution is 0.102. The van der Waals surface area contributed by atoms with Crippen molar-refractivity contribution < 1.29 is 4.79 Å². The number of carbonyl (C=O) groups excluding carboxylic acids is 1. The van der Waals surface area contributed by atoms with Crippen LogP contribution in [0.25, 0.3) is 16.6 Å². The quantitative estimate of drug-likeness (QED) is 0.480. The number of aryl methyl sites for hydroxylation is 1. The number of amides is 1. The molecule has 1 aromatic carbocycles. The molecule has 0 unspecified atom stereocenters. The van der Waals surface area contributed by atoms with Crippen molar-refractivity contribution in [3.05, 3.63) is 66.5 Å². The lowest BCUT2D eigenvalue weighted by Gasteiger charge is -2.12. The summed E-state index contributed by atoms with van der Waals surface area (Å²) < 4.78 is 0. The molecule has 9 heteroatoms. The van der Waals surface area contributed by atoms with Gasteiger partial charge in [0.25, 0.3) is 5.91 Å². The number of aromatic nitrogens is 6. The van der Waals surface area contributed by atoms with Crippen molar-refractivity contribution in [2.75, 3.05) is 10.6 Å². The van der Waals surface area contributed by atoms with Crippen LogP contribution in [0.2, 0.25) is 0 Å². The van der Waals surface area contributed by atoms with Crippen molar-refractivity contribution in [1.29, 1.82) is 0 Å². The molecule has 0 radical (unpaired) electrons. The van der Waals surface area contributed by atoms with Gasteiger partial charge in [-0.3, -0.25) is 9.89 Å². The first-order valence-electron chi connectivity index (χ1n) is 8.82. The van der Waals surface area contributed by atoms with Gasteiger partial charge in [-0.15, -0.1) is 0 Å². The molecule has 1 amide bonds. The first-order chi connectivity index (χ1) is 14.0. The highest BCUT2D eigenvalue weighted by atomic mass is 16.1. The molecule has 0 bridgehead atoms. The van der Waals surface area contributed by atoms with Crippen molar-refractivity contribution in [2.45, 2.75) is 13.8 Å². The summed E-state index contributed by atoms with van der Waals surface area (Å²) in [5, 5.41) is 12.9. The Hall–Kier alpha value is -4.14. The van der Waals surface area contributed by atoms with Gasteiger partial charge in [0.05, 0.1) is 11.9 Å². The first kappa shape index (κ1) is 18.2. The van der Waals surface area contributed by atoms with E-state index in [1.165, 1.54) is 12.7 Å². The van der Waals surface area contributed by atoms with Crippen LogP contribution in [0.5, 0.6) is 0 Å². The topological polar surface area (TPSA) is 121 Å². The summed E-state index contributed by atoms with van der Waals surface area (Å²) in [6, 6.07) is 7.11. The van der Waals surface area contributed by atoms with Crippen LogP contribution in [-0.4, -0.2) is 36.0 Å². The largest absolute Gasteiger partial charge is 0.338 e. The molecule has 3 heterocycles. The number of hydrogen-bond acceptors (Lipinski definition) is 7. The lowest BCUT2D eigenvalue weighted by atomic mass is 10.1. The number of hydrogen-bond donors (Lipinski definition) is 3. The molecule has 4 aromatic rings. The monoisotopic (exact) mass is 386 g/mol. The maximum absolute atomic E-state index is 12.7. The number of nitrogens with one attached hydrogen (secondary N) is 3. The summed E-state index contributed by atoms with van der Waals surface area (Å²) in [5.74, 6) is 0.695. The molecular weight excluding hydrogens is 368 g/mol. The van der Waals surface area contributed by atoms with Gasteiger partial charge < -0.3 is 10.6 Å². The molecule has 0 spiro atoms. The number of anilines is 3. The maximum atomic E-state index is 12.7. The molecule has 0 fully saturated rings. The Bertz CT molecular complexity index is 1220. The van der Waals surface area contributed by atoms with E-state index in [0.29, 0.717) is 28.2 Å². The number of H-pyrrole nitrogens is 1. The number of nitrogens with zero attached hydrogens (tertiary/aromatic N) is 5. The van der Waals surface area contributed by atoms with Gasteiger partial charge in [-0.1, -0.05) is 12.6 Å². The number of allylic oxidation sites excluding steroid dienone is 1. The summed E-state index contributed by atoms with van der Waals surface area (Å²) in [6.45, 7) is 7.65. The van der Waals surface area contributed by atoms with Crippen LogP contribution >= 0.6 is 0 Å². The van der Waals surface area contributed by atoms with E-state index < -0.39 is 0 Å². The number of rotatable bonds is 5. The van der Waals surface area contributed by atoms with E-state index in [-0.39, 0.29) is 5.91 Å². The fraction of sp³-hybridized carbons (Fsp3) is 0.100. The maximum Gasteiger partial charge on any atom is 0.256 e. The Kier molecular flexibility index (Phi) is 4.70. The first-order valence-corrected chi connectivity index (χ1v) is 8.82. The zero-order valence-electron chi connectivity index (χ0n) is 15.9. The van der Waals surface area contributed by atoms with Crippen molar-refractivity contribution in [1.82, 2.24) is 30.1 Å². The molecule has 3 N–H and O–H groups in total. The Morgan fingerprint density at radius 2 is 2.00 bits per heavy atom. The van der Waals surface area contributed by atoms with Crippen LogP contribution < -0.4 is 10.6 Å². The lowest BCUT2D eigenvalue weighted by Crippen LogP contribution is -2.12. The third kappa shape index (κ3) is 3.79. The van der Waals surface area contributed by atoms with Crippen LogP contribution in [0, 0.1) is 6.92 Å². The van der Waals surface area contributed by atoms with Gasteiger partial charge >= 0.3 is 0 Å². The Labute approximate surface area is 166 Å². The Morgan fingerprint density at radius 3 is 2.79 bits per heavy atom. The van der Waals surface area contributed by atoms with E-state index in [1.807, 2.05) is 19.9 Å². The average Bonchev–Trinajstić information content (AvgIpc) is 3.19. The van der Waals surface area contributed by atoms with Gasteiger partial charge in [0.2, 0.25) is 0 Å². The van der Waals surface area contributed by atoms with Gasteiger partial charge in [0.15, 0.2) is 11.6 Å². The molecule has 0 atom stereocenters. The molecule has 144 valence electrons. The number of aromatic amines is 1. The molecule has 29 heavy (non-hydrogen) atoms. The highest BCUT2D eigenvalue weighted by Crippen LogP contribution is 2.24. The van der Waals surface area contributed by atoms with E-state index in [1.54, 1.807) is 24.4 Å². The van der Waals surface area contributed by atoms with E-state index in [0.717, 1.165) is 22.5 Å². The Morgan fingerprint density at radius 1 is 1.14 bits per heavy atom. The number of benzene rings is 1. The van der Waals surface area contributed by atoms with E-state index >= 15 is 0 Å². The molecule has 9 nitrogen and oxygen atoms in total. The second kappa shape index (κ2) is 7.47. The van der Waals surface area contributed by atoms with Gasteiger partial charge in [-0.2, -0.15) is 5.10 Å². The van der Waals surface area contributed by atoms with Gasteiger partial charge in [0, 0.05) is 17.3 Å². The van der Waals surface area contributed by atoms with Crippen molar-refractivity contribution >= 4 is 39.8 Å². The van der Waals surface area contributed by atoms with Crippen LogP contribution in [-0.2, 0) is 0 Å². The number of carbonyl (C=O) groups is 1. The van der Waals surface area contributed by atoms with Crippen LogP contribution in [0.1, 0.15) is 28.5 Å². The fourth-order valence-corrected chi connectivity index (χ4v) is 2.72. The van der Waals surface area contributed by atoms with Crippen molar-refractivity contribution in [3.8, 4) is 0 Å². The molecule has 0 aliphatic heterocycles. The summed E-state index contributed by atoms with van der Waals surface area (Å²) in [7, 11) is 0. The normalized spacial score (nSPS) is 10.7. The molecule has 0 saturated carbocycles. The zero-order valence-corrected chi connectivity index (χ0v) is 15.9. The van der Waals surface area contributed by atoms with Gasteiger partial charge in [0.1, 0.15) is 23.7 Å². The minimum absolute atomic E-state index is 0.275. The second-order valence-electron chi connectivity index (χ2n) is 6.53. The van der Waals surface area contributed by atoms with Crippen LogP contribution in [0.15, 0.2) is 49.7 Å². The predicted octanol–water partition coefficient (Wildman–Crippen LogP) is 3.48. The summed E-state index contributed by atoms with van der Waals surface area (Å²) >= 11 is 0. The molecule has 0 saturated heterocycles. The van der Waals surface area contributed by atoms with Crippen LogP contribution in [0.3, 0.4) is 0 Å². The molecule has 0 aliphatic rings. The van der Waals surface area contributed by atoms with Crippen molar-refractivity contribution in [3.63, 3.8) is 0 Å². The third-order valence-electron chi connectivity index (χ3n) is 4.33. The fourth-order valence-electron chi connectivity index (χ4n) is 2.72. The Balaban J connectivity index is 1.60. The van der Waals surface area contributed by atoms with E-state index in [2.05, 4.69) is 47.3 Å². The summed E-state index contributed by atoms with van der Waals surface area (Å²) in [4.78, 5) is 29.3. The summed E-state index contributed by atoms with van der Waals surface area (Å²) in [6.07, 6.45) is 4.50. The van der Waals surface area contributed by atoms with Gasteiger partial charge in [-0.05, 0) is 37.1 Å². The predicted molar refractivity (Wildman–Crippen MR) is 111 cm³/mol.